The van der Waals surface area contributed by atoms with Crippen molar-refractivity contribution in [3.63, 3.8) is 0 Å². The summed E-state index contributed by atoms with van der Waals surface area (Å²) in [6.07, 6.45) is 0. The van der Waals surface area contributed by atoms with Crippen molar-refractivity contribution in [2.75, 3.05) is 0 Å². The number of ketones is 1. The van der Waals surface area contributed by atoms with Crippen LogP contribution in [0.1, 0.15) is 32.9 Å². The van der Waals surface area contributed by atoms with E-state index in [1.165, 1.54) is 0 Å². The highest BCUT2D eigenvalue weighted by molar-refractivity contribution is 6.42. The van der Waals surface area contributed by atoms with Crippen LogP contribution in [0.3, 0.4) is 0 Å². The minimum absolute atomic E-state index is 0.0673. The van der Waals surface area contributed by atoms with Crippen molar-refractivity contribution in [3.8, 4) is 0 Å². The first kappa shape index (κ1) is 13.2. The molecule has 1 aromatic heterocycles. The highest BCUT2D eigenvalue weighted by atomic mass is 35.5. The van der Waals surface area contributed by atoms with Gasteiger partial charge in [0, 0.05) is 11.3 Å². The van der Waals surface area contributed by atoms with E-state index in [1.807, 2.05) is 20.8 Å². The van der Waals surface area contributed by atoms with Gasteiger partial charge in [-0.25, -0.2) is 0 Å². The summed E-state index contributed by atoms with van der Waals surface area (Å²) in [6, 6.07) is 4.91. The highest BCUT2D eigenvalue weighted by Gasteiger charge is 2.17. The maximum atomic E-state index is 12.4. The molecule has 18 heavy (non-hydrogen) atoms. The van der Waals surface area contributed by atoms with Gasteiger partial charge in [-0.05, 0) is 50.1 Å². The molecule has 0 saturated heterocycles. The standard InChI is InChI=1S/C14H13Cl2NO/c1-7-8(2)13(17-9(7)3)14(18)10-4-5-11(15)12(16)6-10/h4-6,17H,1-3H3. The lowest BCUT2D eigenvalue weighted by atomic mass is 10.0. The summed E-state index contributed by atoms with van der Waals surface area (Å²) < 4.78 is 0. The molecule has 0 radical (unpaired) electrons. The molecule has 0 aliphatic rings. The first-order valence-corrected chi connectivity index (χ1v) is 6.33. The number of aryl methyl sites for hydroxylation is 1. The Hall–Kier alpha value is -1.25. The normalized spacial score (nSPS) is 10.7. The van der Waals surface area contributed by atoms with E-state index in [1.54, 1.807) is 18.2 Å². The molecule has 1 aromatic carbocycles. The molecule has 0 saturated carbocycles. The van der Waals surface area contributed by atoms with Gasteiger partial charge >= 0.3 is 0 Å². The number of halogens is 2. The van der Waals surface area contributed by atoms with Gasteiger partial charge in [0.25, 0.3) is 0 Å². The second kappa shape index (κ2) is 4.79. The predicted molar refractivity (Wildman–Crippen MR) is 74.9 cm³/mol. The first-order chi connectivity index (χ1) is 8.41. The number of benzene rings is 1. The highest BCUT2D eigenvalue weighted by Crippen LogP contribution is 2.25. The molecular formula is C14H13Cl2NO. The van der Waals surface area contributed by atoms with Gasteiger partial charge in [-0.3, -0.25) is 4.79 Å². The fraction of sp³-hybridized carbons (Fsp3) is 0.214. The van der Waals surface area contributed by atoms with E-state index in [4.69, 9.17) is 23.2 Å². The molecule has 0 spiro atoms. The van der Waals surface area contributed by atoms with Crippen LogP contribution >= 0.6 is 23.2 Å². The quantitative estimate of drug-likeness (QED) is 0.809. The molecule has 0 unspecified atom stereocenters. The van der Waals surface area contributed by atoms with Crippen molar-refractivity contribution in [1.82, 2.24) is 4.98 Å². The Kier molecular flexibility index (Phi) is 3.51. The summed E-state index contributed by atoms with van der Waals surface area (Å²) in [7, 11) is 0. The van der Waals surface area contributed by atoms with Crippen molar-refractivity contribution < 1.29 is 4.79 Å². The zero-order valence-electron chi connectivity index (χ0n) is 10.4. The third-order valence-electron chi connectivity index (χ3n) is 3.22. The van der Waals surface area contributed by atoms with E-state index in [-0.39, 0.29) is 5.78 Å². The SMILES string of the molecule is Cc1[nH]c(C(=O)c2ccc(Cl)c(Cl)c2)c(C)c1C. The lowest BCUT2D eigenvalue weighted by Crippen LogP contribution is -2.03. The molecule has 0 aliphatic carbocycles. The predicted octanol–water partition coefficient (Wildman–Crippen LogP) is 4.48. The third-order valence-corrected chi connectivity index (χ3v) is 3.96. The molecule has 1 heterocycles. The number of hydrogen-bond donors (Lipinski definition) is 1. The molecule has 2 nitrogen and oxygen atoms in total. The molecule has 94 valence electrons. The van der Waals surface area contributed by atoms with Crippen LogP contribution in [0.25, 0.3) is 0 Å². The van der Waals surface area contributed by atoms with Gasteiger partial charge in [-0.1, -0.05) is 23.2 Å². The number of carbonyl (C=O) groups is 1. The Morgan fingerprint density at radius 3 is 2.22 bits per heavy atom. The monoisotopic (exact) mass is 281 g/mol. The largest absolute Gasteiger partial charge is 0.356 e. The molecule has 1 N–H and O–H groups in total. The topological polar surface area (TPSA) is 32.9 Å². The minimum atomic E-state index is -0.0673. The van der Waals surface area contributed by atoms with Gasteiger partial charge in [0.05, 0.1) is 15.7 Å². The van der Waals surface area contributed by atoms with Crippen LogP contribution in [0.2, 0.25) is 10.0 Å². The van der Waals surface area contributed by atoms with Gasteiger partial charge in [-0.15, -0.1) is 0 Å². The fourth-order valence-electron chi connectivity index (χ4n) is 1.85. The van der Waals surface area contributed by atoms with Gasteiger partial charge in [0.15, 0.2) is 0 Å². The van der Waals surface area contributed by atoms with E-state index >= 15 is 0 Å². The number of aromatic nitrogens is 1. The molecule has 2 rings (SSSR count). The first-order valence-electron chi connectivity index (χ1n) is 5.57. The second-order valence-corrected chi connectivity index (χ2v) is 5.15. The molecule has 2 aromatic rings. The van der Waals surface area contributed by atoms with Crippen LogP contribution in [-0.2, 0) is 0 Å². The van der Waals surface area contributed by atoms with E-state index < -0.39 is 0 Å². The smallest absolute Gasteiger partial charge is 0.209 e. The molecule has 0 bridgehead atoms. The maximum absolute atomic E-state index is 12.4. The average Bonchev–Trinajstić information content (AvgIpc) is 2.60. The number of nitrogens with one attached hydrogen (secondary N) is 1. The third kappa shape index (κ3) is 2.18. The number of H-pyrrole nitrogens is 1. The lowest BCUT2D eigenvalue weighted by molar-refractivity contribution is 0.103. The summed E-state index contributed by atoms with van der Waals surface area (Å²) in [5.41, 5.74) is 4.25. The number of hydrogen-bond acceptors (Lipinski definition) is 1. The Labute approximate surface area is 116 Å². The fourth-order valence-corrected chi connectivity index (χ4v) is 2.15. The van der Waals surface area contributed by atoms with Crippen LogP contribution < -0.4 is 0 Å². The van der Waals surface area contributed by atoms with Gasteiger partial charge in [-0.2, -0.15) is 0 Å². The molecule has 0 amide bonds. The van der Waals surface area contributed by atoms with Gasteiger partial charge in [0.2, 0.25) is 5.78 Å². The van der Waals surface area contributed by atoms with Crippen LogP contribution in [0, 0.1) is 20.8 Å². The zero-order valence-corrected chi connectivity index (χ0v) is 11.9. The zero-order chi connectivity index (χ0) is 13.4. The molecule has 0 aliphatic heterocycles. The van der Waals surface area contributed by atoms with Crippen molar-refractivity contribution in [2.24, 2.45) is 0 Å². The average molecular weight is 282 g/mol. The summed E-state index contributed by atoms with van der Waals surface area (Å²) in [5.74, 6) is -0.0673. The minimum Gasteiger partial charge on any atom is -0.356 e. The summed E-state index contributed by atoms with van der Waals surface area (Å²) in [4.78, 5) is 15.5. The Bertz CT molecular complexity index is 629. The Balaban J connectivity index is 2.48. The van der Waals surface area contributed by atoms with E-state index in [0.29, 0.717) is 21.3 Å². The van der Waals surface area contributed by atoms with Crippen molar-refractivity contribution in [2.45, 2.75) is 20.8 Å². The van der Waals surface area contributed by atoms with Gasteiger partial charge < -0.3 is 4.98 Å². The lowest BCUT2D eigenvalue weighted by Gasteiger charge is -2.02. The van der Waals surface area contributed by atoms with Crippen molar-refractivity contribution in [1.29, 1.82) is 0 Å². The van der Waals surface area contributed by atoms with Crippen LogP contribution in [-0.4, -0.2) is 10.8 Å². The Morgan fingerprint density at radius 2 is 1.72 bits per heavy atom. The van der Waals surface area contributed by atoms with Gasteiger partial charge in [0.1, 0.15) is 0 Å². The summed E-state index contributed by atoms with van der Waals surface area (Å²) in [6.45, 7) is 5.88. The molecule has 0 atom stereocenters. The van der Waals surface area contributed by atoms with Crippen LogP contribution in [0.5, 0.6) is 0 Å². The molecule has 4 heteroatoms. The maximum Gasteiger partial charge on any atom is 0.209 e. The van der Waals surface area contributed by atoms with Crippen LogP contribution in [0.15, 0.2) is 18.2 Å². The van der Waals surface area contributed by atoms with E-state index in [2.05, 4.69) is 4.98 Å². The summed E-state index contributed by atoms with van der Waals surface area (Å²) >= 11 is 11.8. The Morgan fingerprint density at radius 1 is 1.06 bits per heavy atom. The van der Waals surface area contributed by atoms with E-state index in [0.717, 1.165) is 16.8 Å². The number of aromatic amines is 1. The van der Waals surface area contributed by atoms with E-state index in [9.17, 15) is 4.79 Å². The second-order valence-electron chi connectivity index (χ2n) is 4.33. The van der Waals surface area contributed by atoms with Crippen molar-refractivity contribution >= 4 is 29.0 Å². The van der Waals surface area contributed by atoms with Crippen LogP contribution in [0.4, 0.5) is 0 Å². The number of carbonyl (C=O) groups excluding carboxylic acids is 1. The molecule has 0 fully saturated rings. The summed E-state index contributed by atoms with van der Waals surface area (Å²) in [5, 5.41) is 0.837. The number of rotatable bonds is 2. The van der Waals surface area contributed by atoms with Crippen molar-refractivity contribution in [3.05, 3.63) is 56.3 Å². The molecular weight excluding hydrogens is 269 g/mol.